The number of nitrogens with zero attached hydrogens (tertiary/aromatic N) is 3. The molecule has 50 heavy (non-hydrogen) atoms. The number of halogens is 1. The molecule has 1 amide bonds. The minimum absolute atomic E-state index is 0.0216. The lowest BCUT2D eigenvalue weighted by Crippen LogP contribution is -2.40. The monoisotopic (exact) mass is 710 g/mol. The molecule has 1 aliphatic heterocycles. The molecule has 0 fully saturated rings. The number of fused-ring (bicyclic) bond motifs is 1. The van der Waals surface area contributed by atoms with Gasteiger partial charge in [-0.2, -0.15) is 0 Å². The van der Waals surface area contributed by atoms with Crippen LogP contribution in [0, 0.1) is 10.1 Å². The number of methoxy groups -OCH3 is 1. The number of anilines is 1. The summed E-state index contributed by atoms with van der Waals surface area (Å²) in [7, 11) is 1.48. The summed E-state index contributed by atoms with van der Waals surface area (Å²) in [5.41, 5.74) is 3.09. The van der Waals surface area contributed by atoms with E-state index in [1.165, 1.54) is 30.6 Å². The highest BCUT2D eigenvalue weighted by Crippen LogP contribution is 2.37. The highest BCUT2D eigenvalue weighted by Gasteiger charge is 2.32. The van der Waals surface area contributed by atoms with Gasteiger partial charge in [-0.15, -0.1) is 0 Å². The molecule has 0 radical (unpaired) electrons. The lowest BCUT2D eigenvalue weighted by Gasteiger charge is -2.25. The van der Waals surface area contributed by atoms with Crippen molar-refractivity contribution < 1.29 is 23.9 Å². The Kier molecular flexibility index (Phi) is 10.1. The van der Waals surface area contributed by atoms with E-state index in [-0.39, 0.29) is 34.5 Å². The molecule has 1 atom stereocenters. The first-order chi connectivity index (χ1) is 24.2. The van der Waals surface area contributed by atoms with E-state index in [0.29, 0.717) is 61.1 Å². The molecule has 6 rings (SSSR count). The van der Waals surface area contributed by atoms with Crippen molar-refractivity contribution in [3.63, 3.8) is 0 Å². The van der Waals surface area contributed by atoms with Gasteiger partial charge >= 0.3 is 0 Å². The highest BCUT2D eigenvalue weighted by molar-refractivity contribution is 7.07. The number of carbonyl (C=O) groups excluding carboxylic acids is 1. The van der Waals surface area contributed by atoms with Gasteiger partial charge in [-0.3, -0.25) is 24.3 Å². The van der Waals surface area contributed by atoms with Crippen molar-refractivity contribution in [3.8, 4) is 17.2 Å². The molecule has 1 aromatic heterocycles. The van der Waals surface area contributed by atoms with Crippen LogP contribution in [0.2, 0.25) is 5.02 Å². The fourth-order valence-electron chi connectivity index (χ4n) is 5.54. The summed E-state index contributed by atoms with van der Waals surface area (Å²) < 4.78 is 19.1. The molecule has 4 aromatic carbocycles. The second kappa shape index (κ2) is 14.8. The first-order valence-corrected chi connectivity index (χ1v) is 16.7. The predicted molar refractivity (Wildman–Crippen MR) is 192 cm³/mol. The Labute approximate surface area is 295 Å². The number of allylic oxidation sites excluding steroid dienone is 1. The second-order valence-electron chi connectivity index (χ2n) is 11.2. The van der Waals surface area contributed by atoms with E-state index in [1.54, 1.807) is 54.0 Å². The number of nitrogens with one attached hydrogen (secondary N) is 1. The summed E-state index contributed by atoms with van der Waals surface area (Å²) in [5, 5.41) is 14.2. The average Bonchev–Trinajstić information content (AvgIpc) is 3.41. The molecule has 1 aliphatic rings. The zero-order valence-corrected chi connectivity index (χ0v) is 28.8. The minimum Gasteiger partial charge on any atom is -0.494 e. The Hall–Kier alpha value is -5.72. The van der Waals surface area contributed by atoms with Gasteiger partial charge in [-0.05, 0) is 85.1 Å². The van der Waals surface area contributed by atoms with Gasteiger partial charge < -0.3 is 19.5 Å². The van der Waals surface area contributed by atoms with Crippen molar-refractivity contribution in [2.24, 2.45) is 4.99 Å². The van der Waals surface area contributed by atoms with Crippen molar-refractivity contribution >= 4 is 46.3 Å². The summed E-state index contributed by atoms with van der Waals surface area (Å²) in [5.74, 6) is 0.921. The van der Waals surface area contributed by atoms with E-state index in [0.717, 1.165) is 0 Å². The Morgan fingerprint density at radius 2 is 1.78 bits per heavy atom. The van der Waals surface area contributed by atoms with E-state index in [2.05, 4.69) is 5.32 Å². The van der Waals surface area contributed by atoms with Crippen LogP contribution in [-0.4, -0.2) is 29.1 Å². The van der Waals surface area contributed by atoms with E-state index in [4.69, 9.17) is 30.8 Å². The second-order valence-corrected chi connectivity index (χ2v) is 12.6. The van der Waals surface area contributed by atoms with Crippen molar-refractivity contribution in [1.29, 1.82) is 0 Å². The molecule has 13 heteroatoms. The van der Waals surface area contributed by atoms with Crippen molar-refractivity contribution in [3.05, 3.63) is 154 Å². The number of nitro benzene ring substituents is 1. The highest BCUT2D eigenvalue weighted by atomic mass is 35.5. The smallest absolute Gasteiger partial charge is 0.271 e. The Morgan fingerprint density at radius 3 is 2.44 bits per heavy atom. The number of hydrogen-bond donors (Lipinski definition) is 1. The van der Waals surface area contributed by atoms with Crippen molar-refractivity contribution in [2.75, 3.05) is 19.0 Å². The number of nitro groups is 1. The van der Waals surface area contributed by atoms with E-state index in [1.807, 2.05) is 49.4 Å². The maximum atomic E-state index is 14.2. The Bertz CT molecular complexity index is 2280. The first kappa shape index (κ1) is 34.2. The molecule has 5 aromatic rings. The maximum absolute atomic E-state index is 14.2. The third-order valence-electron chi connectivity index (χ3n) is 7.88. The summed E-state index contributed by atoms with van der Waals surface area (Å²) in [6.45, 7) is 4.26. The summed E-state index contributed by atoms with van der Waals surface area (Å²) >= 11 is 7.85. The fraction of sp³-hybridized carbons (Fsp3) is 0.162. The first-order valence-electron chi connectivity index (χ1n) is 15.5. The number of thiazole rings is 1. The van der Waals surface area contributed by atoms with Gasteiger partial charge in [0.15, 0.2) is 16.3 Å². The largest absolute Gasteiger partial charge is 0.494 e. The van der Waals surface area contributed by atoms with Gasteiger partial charge in [0.2, 0.25) is 0 Å². The van der Waals surface area contributed by atoms with Crippen LogP contribution in [-0.2, 0) is 11.4 Å². The Morgan fingerprint density at radius 1 is 1.06 bits per heavy atom. The van der Waals surface area contributed by atoms with Gasteiger partial charge in [-0.1, -0.05) is 53.3 Å². The molecule has 2 heterocycles. The minimum atomic E-state index is -0.763. The summed E-state index contributed by atoms with van der Waals surface area (Å²) in [6, 6.07) is 25.0. The molecule has 0 bridgehead atoms. The lowest BCUT2D eigenvalue weighted by atomic mass is 9.95. The van der Waals surface area contributed by atoms with E-state index < -0.39 is 11.0 Å². The SMILES string of the molecule is CCOc1ccc([C@H]2C(C(=O)Nc3ccccc3)=C(C)N=c3s/c(=C\c4cc(Cl)c(OCc5ccc([N+](=O)[O-])cc5)c(OC)c4)c(=O)n32)cc1. The average molecular weight is 711 g/mol. The standard InChI is InChI=1S/C37H31ClN4O7S/c1-4-48-28-16-12-25(13-17-28)33-32(35(43)40-26-8-6-5-7-9-26)22(2)39-37-41(33)36(44)31(50-37)20-24-18-29(38)34(30(19-24)47-3)49-21-23-10-14-27(15-11-23)42(45)46/h5-20,33H,4,21H2,1-3H3,(H,40,43)/b31-20-/t33-/m0/s1. The quantitative estimate of drug-likeness (QED) is 0.124. The number of amides is 1. The fourth-order valence-corrected chi connectivity index (χ4v) is 6.86. The molecule has 0 saturated heterocycles. The lowest BCUT2D eigenvalue weighted by molar-refractivity contribution is -0.384. The number of non-ortho nitro benzene ring substituents is 1. The zero-order valence-electron chi connectivity index (χ0n) is 27.2. The molecule has 0 aliphatic carbocycles. The van der Waals surface area contributed by atoms with Gasteiger partial charge in [0, 0.05) is 17.8 Å². The van der Waals surface area contributed by atoms with E-state index >= 15 is 0 Å². The number of rotatable bonds is 11. The number of benzene rings is 4. The number of hydrogen-bond acceptors (Lipinski definition) is 9. The van der Waals surface area contributed by atoms with Gasteiger partial charge in [-0.25, -0.2) is 4.99 Å². The van der Waals surface area contributed by atoms with Crippen LogP contribution in [0.4, 0.5) is 11.4 Å². The maximum Gasteiger partial charge on any atom is 0.271 e. The molecular weight excluding hydrogens is 680 g/mol. The van der Waals surface area contributed by atoms with Crippen LogP contribution in [0.1, 0.15) is 36.6 Å². The molecule has 254 valence electrons. The third-order valence-corrected chi connectivity index (χ3v) is 9.15. The molecule has 0 unspecified atom stereocenters. The van der Waals surface area contributed by atoms with Crippen LogP contribution in [0.3, 0.4) is 0 Å². The van der Waals surface area contributed by atoms with Gasteiger partial charge in [0.1, 0.15) is 12.4 Å². The number of para-hydroxylation sites is 1. The summed E-state index contributed by atoms with van der Waals surface area (Å²) in [6.07, 6.45) is 1.69. The van der Waals surface area contributed by atoms with Crippen molar-refractivity contribution in [2.45, 2.75) is 26.5 Å². The molecule has 0 saturated carbocycles. The number of aromatic nitrogens is 1. The molecule has 0 spiro atoms. The molecule has 1 N–H and O–H groups in total. The number of ether oxygens (including phenoxy) is 3. The van der Waals surface area contributed by atoms with Gasteiger partial charge in [0.25, 0.3) is 17.2 Å². The Balaban J connectivity index is 1.37. The normalized spacial score (nSPS) is 14.1. The van der Waals surface area contributed by atoms with Crippen LogP contribution in [0.5, 0.6) is 17.2 Å². The van der Waals surface area contributed by atoms with Crippen molar-refractivity contribution in [1.82, 2.24) is 4.57 Å². The van der Waals surface area contributed by atoms with Crippen LogP contribution >= 0.6 is 22.9 Å². The molecule has 11 nitrogen and oxygen atoms in total. The van der Waals surface area contributed by atoms with Gasteiger partial charge in [0.05, 0.1) is 45.5 Å². The third kappa shape index (κ3) is 7.16. The van der Waals surface area contributed by atoms with Crippen LogP contribution in [0.15, 0.2) is 112 Å². The van der Waals surface area contributed by atoms with Crippen LogP contribution < -0.4 is 34.4 Å². The molecular formula is C37H31ClN4O7S. The zero-order chi connectivity index (χ0) is 35.4. The summed E-state index contributed by atoms with van der Waals surface area (Å²) in [4.78, 5) is 43.7. The van der Waals surface area contributed by atoms with E-state index in [9.17, 15) is 19.7 Å². The topological polar surface area (TPSA) is 134 Å². The number of carbonyl (C=O) groups is 1. The predicted octanol–water partition coefficient (Wildman–Crippen LogP) is 6.42. The van der Waals surface area contributed by atoms with Crippen LogP contribution in [0.25, 0.3) is 6.08 Å².